The highest BCUT2D eigenvalue weighted by atomic mass is 35.5. The molecule has 0 saturated heterocycles. The second-order valence-electron chi connectivity index (χ2n) is 5.54. The molecule has 0 radical (unpaired) electrons. The van der Waals surface area contributed by atoms with Crippen molar-refractivity contribution in [1.29, 1.82) is 0 Å². The van der Waals surface area contributed by atoms with E-state index in [0.29, 0.717) is 22.9 Å². The molecule has 0 unspecified atom stereocenters. The third kappa shape index (κ3) is 4.81. The third-order valence-corrected chi connectivity index (χ3v) is 4.55. The lowest BCUT2D eigenvalue weighted by Crippen LogP contribution is -2.26. The van der Waals surface area contributed by atoms with Gasteiger partial charge in [-0.05, 0) is 48.9 Å². The van der Waals surface area contributed by atoms with E-state index in [4.69, 9.17) is 16.3 Å². The number of ether oxygens (including phenoxy) is 1. The summed E-state index contributed by atoms with van der Waals surface area (Å²) in [5, 5.41) is 5.56. The molecule has 1 aromatic heterocycles. The molecule has 3 rings (SSSR count). The molecular weight excluding hydrogens is 356 g/mol. The smallest absolute Gasteiger partial charge is 0.251 e. The van der Waals surface area contributed by atoms with E-state index in [2.05, 4.69) is 10.3 Å². The largest absolute Gasteiger partial charge is 0.487 e. The van der Waals surface area contributed by atoms with Gasteiger partial charge in [0.05, 0.1) is 17.2 Å². The summed E-state index contributed by atoms with van der Waals surface area (Å²) < 4.78 is 5.65. The number of nitrogens with one attached hydrogen (secondary N) is 1. The van der Waals surface area contributed by atoms with E-state index in [9.17, 15) is 4.79 Å². The average molecular weight is 373 g/mol. The zero-order valence-corrected chi connectivity index (χ0v) is 15.2. The zero-order valence-electron chi connectivity index (χ0n) is 13.6. The number of hydrogen-bond acceptors (Lipinski definition) is 4. The summed E-state index contributed by atoms with van der Waals surface area (Å²) in [6, 6.07) is 14.4. The van der Waals surface area contributed by atoms with Crippen molar-refractivity contribution < 1.29 is 9.53 Å². The number of thiazole rings is 1. The number of carbonyl (C=O) groups is 1. The minimum atomic E-state index is -0.140. The van der Waals surface area contributed by atoms with Gasteiger partial charge in [0.1, 0.15) is 12.4 Å². The van der Waals surface area contributed by atoms with Crippen molar-refractivity contribution >= 4 is 28.8 Å². The summed E-state index contributed by atoms with van der Waals surface area (Å²) in [4.78, 5) is 16.5. The highest BCUT2D eigenvalue weighted by Crippen LogP contribution is 2.19. The van der Waals surface area contributed by atoms with Gasteiger partial charge in [-0.2, -0.15) is 0 Å². The number of rotatable bonds is 6. The Morgan fingerprint density at radius 1 is 1.28 bits per heavy atom. The molecule has 1 amide bonds. The Morgan fingerprint density at radius 2 is 2.08 bits per heavy atom. The van der Waals surface area contributed by atoms with Crippen LogP contribution in [-0.2, 0) is 6.61 Å². The van der Waals surface area contributed by atoms with E-state index in [-0.39, 0.29) is 11.9 Å². The second kappa shape index (κ2) is 8.14. The summed E-state index contributed by atoms with van der Waals surface area (Å²) in [5.74, 6) is 0.561. The van der Waals surface area contributed by atoms with Gasteiger partial charge in [-0.15, -0.1) is 11.3 Å². The van der Waals surface area contributed by atoms with Crippen molar-refractivity contribution in [3.63, 3.8) is 0 Å². The topological polar surface area (TPSA) is 51.2 Å². The molecule has 25 heavy (non-hydrogen) atoms. The SMILES string of the molecule is C[C@H](NC(=O)c1ccc(OCc2cscn2)cc1)c1cccc(Cl)c1. The fourth-order valence-electron chi connectivity index (χ4n) is 2.31. The molecule has 1 N–H and O–H groups in total. The average Bonchev–Trinajstić information content (AvgIpc) is 3.14. The van der Waals surface area contributed by atoms with Crippen molar-refractivity contribution in [3.8, 4) is 5.75 Å². The summed E-state index contributed by atoms with van der Waals surface area (Å²) in [6.45, 7) is 2.34. The lowest BCUT2D eigenvalue weighted by Gasteiger charge is -2.15. The lowest BCUT2D eigenvalue weighted by molar-refractivity contribution is 0.0940. The summed E-state index contributed by atoms with van der Waals surface area (Å²) >= 11 is 7.53. The molecule has 4 nitrogen and oxygen atoms in total. The van der Waals surface area contributed by atoms with Crippen LogP contribution >= 0.6 is 22.9 Å². The van der Waals surface area contributed by atoms with Gasteiger partial charge in [0.2, 0.25) is 0 Å². The van der Waals surface area contributed by atoms with Crippen LogP contribution in [-0.4, -0.2) is 10.9 Å². The Hall–Kier alpha value is -2.37. The maximum atomic E-state index is 12.4. The van der Waals surface area contributed by atoms with Crippen LogP contribution in [0, 0.1) is 0 Å². The van der Waals surface area contributed by atoms with Gasteiger partial charge in [-0.25, -0.2) is 4.98 Å². The predicted octanol–water partition coefficient (Wildman–Crippen LogP) is 4.87. The molecule has 0 saturated carbocycles. The first-order valence-electron chi connectivity index (χ1n) is 7.78. The normalized spacial score (nSPS) is 11.8. The van der Waals surface area contributed by atoms with Crippen LogP contribution in [0.3, 0.4) is 0 Å². The number of hydrogen-bond donors (Lipinski definition) is 1. The van der Waals surface area contributed by atoms with E-state index < -0.39 is 0 Å². The quantitative estimate of drug-likeness (QED) is 0.671. The first kappa shape index (κ1) is 17.5. The van der Waals surface area contributed by atoms with Crippen molar-refractivity contribution in [3.05, 3.63) is 81.3 Å². The molecule has 0 bridgehead atoms. The predicted molar refractivity (Wildman–Crippen MR) is 100 cm³/mol. The van der Waals surface area contributed by atoms with Gasteiger partial charge < -0.3 is 10.1 Å². The molecule has 3 aromatic rings. The molecule has 1 heterocycles. The lowest BCUT2D eigenvalue weighted by atomic mass is 10.1. The maximum Gasteiger partial charge on any atom is 0.251 e. The molecule has 0 fully saturated rings. The fraction of sp³-hybridized carbons (Fsp3) is 0.158. The molecule has 0 aliphatic heterocycles. The minimum Gasteiger partial charge on any atom is -0.487 e. The van der Waals surface area contributed by atoms with Crippen LogP contribution in [0.25, 0.3) is 0 Å². The van der Waals surface area contributed by atoms with E-state index in [1.807, 2.05) is 36.6 Å². The number of nitrogens with zero attached hydrogens (tertiary/aromatic N) is 1. The van der Waals surface area contributed by atoms with Gasteiger partial charge in [-0.1, -0.05) is 23.7 Å². The van der Waals surface area contributed by atoms with Crippen molar-refractivity contribution in [2.75, 3.05) is 0 Å². The highest BCUT2D eigenvalue weighted by Gasteiger charge is 2.12. The van der Waals surface area contributed by atoms with Crippen LogP contribution in [0.1, 0.15) is 34.6 Å². The monoisotopic (exact) mass is 372 g/mol. The van der Waals surface area contributed by atoms with Crippen LogP contribution < -0.4 is 10.1 Å². The van der Waals surface area contributed by atoms with Crippen LogP contribution in [0.5, 0.6) is 5.75 Å². The molecule has 1 atom stereocenters. The Labute approximate surface area is 155 Å². The molecule has 0 aliphatic carbocycles. The van der Waals surface area contributed by atoms with Gasteiger partial charge in [0, 0.05) is 16.0 Å². The molecule has 2 aromatic carbocycles. The van der Waals surface area contributed by atoms with Crippen LogP contribution in [0.15, 0.2) is 59.4 Å². The number of aromatic nitrogens is 1. The van der Waals surface area contributed by atoms with Gasteiger partial charge in [-0.3, -0.25) is 4.79 Å². The molecular formula is C19H17ClN2O2S. The molecule has 0 spiro atoms. The Bertz CT molecular complexity index is 835. The molecule has 0 aliphatic rings. The van der Waals surface area contributed by atoms with Crippen LogP contribution in [0.4, 0.5) is 0 Å². The maximum absolute atomic E-state index is 12.4. The van der Waals surface area contributed by atoms with Crippen molar-refractivity contribution in [1.82, 2.24) is 10.3 Å². The van der Waals surface area contributed by atoms with E-state index in [1.54, 1.807) is 29.8 Å². The highest BCUT2D eigenvalue weighted by molar-refractivity contribution is 7.07. The third-order valence-electron chi connectivity index (χ3n) is 3.68. The van der Waals surface area contributed by atoms with E-state index in [0.717, 1.165) is 11.3 Å². The fourth-order valence-corrected chi connectivity index (χ4v) is 3.05. The number of amides is 1. The standard InChI is InChI=1S/C19H17ClN2O2S/c1-13(15-3-2-4-16(20)9-15)22-19(23)14-5-7-18(8-6-14)24-10-17-11-25-12-21-17/h2-9,11-13H,10H2,1H3,(H,22,23)/t13-/m0/s1. The number of carbonyl (C=O) groups excluding carboxylic acids is 1. The van der Waals surface area contributed by atoms with Crippen molar-refractivity contribution in [2.45, 2.75) is 19.6 Å². The Kier molecular flexibility index (Phi) is 5.68. The minimum absolute atomic E-state index is 0.133. The molecule has 6 heteroatoms. The van der Waals surface area contributed by atoms with Gasteiger partial charge in [0.15, 0.2) is 0 Å². The Morgan fingerprint density at radius 3 is 2.76 bits per heavy atom. The second-order valence-corrected chi connectivity index (χ2v) is 6.70. The Balaban J connectivity index is 1.58. The van der Waals surface area contributed by atoms with E-state index in [1.165, 1.54) is 11.3 Å². The summed E-state index contributed by atoms with van der Waals surface area (Å²) in [5.41, 5.74) is 4.20. The summed E-state index contributed by atoms with van der Waals surface area (Å²) in [7, 11) is 0. The van der Waals surface area contributed by atoms with E-state index >= 15 is 0 Å². The number of halogens is 1. The summed E-state index contributed by atoms with van der Waals surface area (Å²) in [6.07, 6.45) is 0. The first-order chi connectivity index (χ1) is 12.1. The van der Waals surface area contributed by atoms with Crippen LogP contribution in [0.2, 0.25) is 5.02 Å². The van der Waals surface area contributed by atoms with Gasteiger partial charge >= 0.3 is 0 Å². The first-order valence-corrected chi connectivity index (χ1v) is 9.10. The molecule has 128 valence electrons. The van der Waals surface area contributed by atoms with Crippen molar-refractivity contribution in [2.24, 2.45) is 0 Å². The number of benzene rings is 2. The zero-order chi connectivity index (χ0) is 17.6. The van der Waals surface area contributed by atoms with Gasteiger partial charge in [0.25, 0.3) is 5.91 Å².